The van der Waals surface area contributed by atoms with Gasteiger partial charge in [-0.1, -0.05) is 20.8 Å². The second-order valence-electron chi connectivity index (χ2n) is 7.08. The number of anilines is 1. The predicted molar refractivity (Wildman–Crippen MR) is 99.9 cm³/mol. The highest BCUT2D eigenvalue weighted by molar-refractivity contribution is 7.20. The second kappa shape index (κ2) is 6.19. The van der Waals surface area contributed by atoms with Crippen LogP contribution >= 0.6 is 11.3 Å². The van der Waals surface area contributed by atoms with Crippen molar-refractivity contribution in [1.82, 2.24) is 9.97 Å². The van der Waals surface area contributed by atoms with E-state index in [4.69, 9.17) is 0 Å². The summed E-state index contributed by atoms with van der Waals surface area (Å²) in [6, 6.07) is 5.72. The maximum atomic E-state index is 13.0. The molecule has 0 atom stereocenters. The Morgan fingerprint density at radius 2 is 1.76 bits per heavy atom. The quantitative estimate of drug-likeness (QED) is 0.702. The third kappa shape index (κ3) is 3.39. The van der Waals surface area contributed by atoms with Crippen LogP contribution in [0.4, 0.5) is 10.1 Å². The van der Waals surface area contributed by atoms with Crippen LogP contribution in [0.5, 0.6) is 0 Å². The molecule has 0 saturated heterocycles. The molecule has 3 rings (SSSR count). The van der Waals surface area contributed by atoms with E-state index in [0.29, 0.717) is 10.6 Å². The lowest BCUT2D eigenvalue weighted by Gasteiger charge is -2.16. The highest BCUT2D eigenvalue weighted by Crippen LogP contribution is 2.33. The van der Waals surface area contributed by atoms with Crippen LogP contribution < -0.4 is 5.32 Å². The van der Waals surface area contributed by atoms with Crippen molar-refractivity contribution < 1.29 is 9.18 Å². The first-order chi connectivity index (χ1) is 11.7. The van der Waals surface area contributed by atoms with Crippen molar-refractivity contribution in [2.45, 2.75) is 40.0 Å². The Morgan fingerprint density at radius 3 is 2.36 bits per heavy atom. The fourth-order valence-corrected chi connectivity index (χ4v) is 3.74. The number of fused-ring (bicyclic) bond motifs is 1. The van der Waals surface area contributed by atoms with Gasteiger partial charge in [0.2, 0.25) is 0 Å². The normalized spacial score (nSPS) is 11.8. The van der Waals surface area contributed by atoms with Gasteiger partial charge in [-0.25, -0.2) is 14.4 Å². The number of carbonyl (C=O) groups excluding carboxylic acids is 1. The van der Waals surface area contributed by atoms with Crippen LogP contribution in [0.1, 0.15) is 47.5 Å². The zero-order chi connectivity index (χ0) is 18.4. The highest BCUT2D eigenvalue weighted by Gasteiger charge is 2.23. The number of amides is 1. The van der Waals surface area contributed by atoms with E-state index < -0.39 is 0 Å². The minimum atomic E-state index is -0.336. The first-order valence-electron chi connectivity index (χ1n) is 8.02. The molecule has 0 aliphatic rings. The molecule has 0 aliphatic carbocycles. The summed E-state index contributed by atoms with van der Waals surface area (Å²) in [6.45, 7) is 10.1. The Balaban J connectivity index is 2.02. The number of hydrogen-bond donors (Lipinski definition) is 1. The number of hydrogen-bond acceptors (Lipinski definition) is 4. The lowest BCUT2D eigenvalue weighted by molar-refractivity contribution is 0.103. The lowest BCUT2D eigenvalue weighted by atomic mass is 9.95. The largest absolute Gasteiger partial charge is 0.321 e. The van der Waals surface area contributed by atoms with Crippen LogP contribution in [0.3, 0.4) is 0 Å². The Labute approximate surface area is 150 Å². The second-order valence-corrected chi connectivity index (χ2v) is 8.08. The standard InChI is InChI=1S/C19H20FN3OS/c1-10-14-11(2)21-18(19(3,4)5)23-17(14)25-15(10)16(24)22-13-8-6-12(20)7-9-13/h6-9H,1-5H3,(H,22,24). The number of nitrogens with zero attached hydrogens (tertiary/aromatic N) is 2. The van der Waals surface area contributed by atoms with Crippen molar-refractivity contribution >= 4 is 33.1 Å². The van der Waals surface area contributed by atoms with Gasteiger partial charge in [-0.3, -0.25) is 4.79 Å². The van der Waals surface area contributed by atoms with Gasteiger partial charge in [-0.15, -0.1) is 11.3 Å². The number of aryl methyl sites for hydroxylation is 2. The SMILES string of the molecule is Cc1nc(C(C)(C)C)nc2sc(C(=O)Nc3ccc(F)cc3)c(C)c12. The van der Waals surface area contributed by atoms with Gasteiger partial charge < -0.3 is 5.32 Å². The van der Waals surface area contributed by atoms with Gasteiger partial charge in [0, 0.05) is 16.5 Å². The molecule has 0 radical (unpaired) electrons. The third-order valence-electron chi connectivity index (χ3n) is 3.95. The minimum absolute atomic E-state index is 0.159. The molecule has 2 aromatic heterocycles. The van der Waals surface area contributed by atoms with Crippen molar-refractivity contribution in [3.8, 4) is 0 Å². The van der Waals surface area contributed by atoms with E-state index in [1.165, 1.54) is 23.5 Å². The molecule has 2 heterocycles. The molecule has 1 N–H and O–H groups in total. The Morgan fingerprint density at radius 1 is 1.12 bits per heavy atom. The van der Waals surface area contributed by atoms with Gasteiger partial charge in [-0.2, -0.15) is 0 Å². The van der Waals surface area contributed by atoms with Gasteiger partial charge in [0.15, 0.2) is 0 Å². The average molecular weight is 357 g/mol. The summed E-state index contributed by atoms with van der Waals surface area (Å²) >= 11 is 1.36. The van der Waals surface area contributed by atoms with Crippen LogP contribution in [0, 0.1) is 19.7 Å². The number of rotatable bonds is 2. The van der Waals surface area contributed by atoms with E-state index in [9.17, 15) is 9.18 Å². The van der Waals surface area contributed by atoms with Crippen molar-refractivity contribution in [1.29, 1.82) is 0 Å². The molecule has 0 fully saturated rings. The van der Waals surface area contributed by atoms with Gasteiger partial charge in [0.1, 0.15) is 16.5 Å². The first-order valence-corrected chi connectivity index (χ1v) is 8.83. The van der Waals surface area contributed by atoms with Crippen molar-refractivity contribution in [2.75, 3.05) is 5.32 Å². The van der Waals surface area contributed by atoms with E-state index in [-0.39, 0.29) is 17.1 Å². The zero-order valence-electron chi connectivity index (χ0n) is 14.9. The van der Waals surface area contributed by atoms with Crippen molar-refractivity contribution in [3.05, 3.63) is 52.0 Å². The summed E-state index contributed by atoms with van der Waals surface area (Å²) in [4.78, 5) is 23.3. The topological polar surface area (TPSA) is 54.9 Å². The average Bonchev–Trinajstić information content (AvgIpc) is 2.86. The van der Waals surface area contributed by atoms with E-state index in [1.54, 1.807) is 12.1 Å². The summed E-state index contributed by atoms with van der Waals surface area (Å²) in [5.74, 6) is 0.213. The van der Waals surface area contributed by atoms with E-state index in [1.807, 2.05) is 13.8 Å². The molecule has 1 aromatic carbocycles. The Kier molecular flexibility index (Phi) is 4.33. The van der Waals surface area contributed by atoms with Crippen LogP contribution in [-0.4, -0.2) is 15.9 Å². The number of nitrogens with one attached hydrogen (secondary N) is 1. The monoisotopic (exact) mass is 357 g/mol. The van der Waals surface area contributed by atoms with E-state index in [0.717, 1.165) is 27.3 Å². The number of benzene rings is 1. The van der Waals surface area contributed by atoms with Gasteiger partial charge in [0.05, 0.1) is 10.6 Å². The molecule has 0 bridgehead atoms. The predicted octanol–water partition coefficient (Wildman–Crippen LogP) is 5.00. The molecule has 25 heavy (non-hydrogen) atoms. The Bertz CT molecular complexity index is 955. The molecule has 3 aromatic rings. The summed E-state index contributed by atoms with van der Waals surface area (Å²) in [6.07, 6.45) is 0. The summed E-state index contributed by atoms with van der Waals surface area (Å²) < 4.78 is 13.0. The molecular formula is C19H20FN3OS. The molecule has 0 saturated carbocycles. The smallest absolute Gasteiger partial charge is 0.266 e. The summed E-state index contributed by atoms with van der Waals surface area (Å²) in [5.41, 5.74) is 2.15. The zero-order valence-corrected chi connectivity index (χ0v) is 15.7. The molecule has 4 nitrogen and oxygen atoms in total. The molecule has 6 heteroatoms. The third-order valence-corrected chi connectivity index (χ3v) is 5.13. The maximum Gasteiger partial charge on any atom is 0.266 e. The number of thiophene rings is 1. The molecule has 1 amide bonds. The molecule has 0 unspecified atom stereocenters. The fraction of sp³-hybridized carbons (Fsp3) is 0.316. The molecule has 130 valence electrons. The first kappa shape index (κ1) is 17.5. The van der Waals surface area contributed by atoms with Crippen LogP contribution in [0.15, 0.2) is 24.3 Å². The van der Waals surface area contributed by atoms with E-state index in [2.05, 4.69) is 36.1 Å². The van der Waals surface area contributed by atoms with Crippen LogP contribution in [-0.2, 0) is 5.41 Å². The van der Waals surface area contributed by atoms with Crippen LogP contribution in [0.25, 0.3) is 10.2 Å². The molecule has 0 aliphatic heterocycles. The molecule has 0 spiro atoms. The molecular weight excluding hydrogens is 337 g/mol. The fourth-order valence-electron chi connectivity index (χ4n) is 2.61. The number of halogens is 1. The summed E-state index contributed by atoms with van der Waals surface area (Å²) in [5, 5.41) is 3.74. The summed E-state index contributed by atoms with van der Waals surface area (Å²) in [7, 11) is 0. The maximum absolute atomic E-state index is 13.0. The van der Waals surface area contributed by atoms with Gasteiger partial charge in [-0.05, 0) is 43.7 Å². The van der Waals surface area contributed by atoms with Crippen molar-refractivity contribution in [3.63, 3.8) is 0 Å². The van der Waals surface area contributed by atoms with Crippen molar-refractivity contribution in [2.24, 2.45) is 0 Å². The number of aromatic nitrogens is 2. The Hall–Kier alpha value is -2.34. The van der Waals surface area contributed by atoms with Gasteiger partial charge in [0.25, 0.3) is 5.91 Å². The lowest BCUT2D eigenvalue weighted by Crippen LogP contribution is -2.16. The van der Waals surface area contributed by atoms with Gasteiger partial charge >= 0.3 is 0 Å². The van der Waals surface area contributed by atoms with E-state index >= 15 is 0 Å². The highest BCUT2D eigenvalue weighted by atomic mass is 32.1. The number of carbonyl (C=O) groups is 1. The van der Waals surface area contributed by atoms with Crippen LogP contribution in [0.2, 0.25) is 0 Å². The minimum Gasteiger partial charge on any atom is -0.321 e.